The van der Waals surface area contributed by atoms with Crippen molar-refractivity contribution in [2.45, 2.75) is 5.88 Å². The van der Waals surface area contributed by atoms with Gasteiger partial charge < -0.3 is 5.32 Å². The summed E-state index contributed by atoms with van der Waals surface area (Å²) < 4.78 is 26.4. The first kappa shape index (κ1) is 13.5. The van der Waals surface area contributed by atoms with Gasteiger partial charge in [-0.05, 0) is 29.8 Å². The van der Waals surface area contributed by atoms with Crippen LogP contribution in [-0.4, -0.2) is 5.91 Å². The molecule has 0 aliphatic heterocycles. The van der Waals surface area contributed by atoms with Crippen molar-refractivity contribution in [3.63, 3.8) is 0 Å². The van der Waals surface area contributed by atoms with Gasteiger partial charge in [-0.3, -0.25) is 4.79 Å². The van der Waals surface area contributed by atoms with E-state index in [4.69, 9.17) is 11.6 Å². The Labute approximate surface area is 114 Å². The van der Waals surface area contributed by atoms with Crippen LogP contribution in [0.2, 0.25) is 0 Å². The summed E-state index contributed by atoms with van der Waals surface area (Å²) in [7, 11) is 0. The zero-order valence-electron chi connectivity index (χ0n) is 9.79. The Balaban J connectivity index is 2.18. The van der Waals surface area contributed by atoms with Crippen molar-refractivity contribution < 1.29 is 13.6 Å². The minimum atomic E-state index is -1.08. The van der Waals surface area contributed by atoms with E-state index in [1.54, 1.807) is 24.3 Å². The molecule has 0 atom stereocenters. The third-order valence-electron chi connectivity index (χ3n) is 2.57. The number of benzene rings is 2. The van der Waals surface area contributed by atoms with Gasteiger partial charge in [0.1, 0.15) is 0 Å². The fourth-order valence-corrected chi connectivity index (χ4v) is 1.72. The van der Waals surface area contributed by atoms with Crippen molar-refractivity contribution in [2.24, 2.45) is 0 Å². The van der Waals surface area contributed by atoms with E-state index in [1.807, 2.05) is 0 Å². The molecular weight excluding hydrogens is 272 g/mol. The first-order chi connectivity index (χ1) is 9.11. The summed E-state index contributed by atoms with van der Waals surface area (Å²) in [6.45, 7) is 0. The molecule has 1 N–H and O–H groups in total. The van der Waals surface area contributed by atoms with E-state index in [0.717, 1.165) is 11.6 Å². The molecule has 2 aromatic rings. The maximum Gasteiger partial charge on any atom is 0.255 e. The van der Waals surface area contributed by atoms with E-state index in [9.17, 15) is 13.6 Å². The second-order valence-corrected chi connectivity index (χ2v) is 4.15. The largest absolute Gasteiger partial charge is 0.319 e. The molecule has 19 heavy (non-hydrogen) atoms. The normalized spacial score (nSPS) is 10.3. The molecule has 0 aliphatic carbocycles. The van der Waals surface area contributed by atoms with Gasteiger partial charge in [-0.2, -0.15) is 0 Å². The van der Waals surface area contributed by atoms with Gasteiger partial charge in [-0.15, -0.1) is 11.6 Å². The highest BCUT2D eigenvalue weighted by molar-refractivity contribution is 6.17. The average molecular weight is 282 g/mol. The maximum absolute atomic E-state index is 13.4. The molecule has 0 unspecified atom stereocenters. The van der Waals surface area contributed by atoms with Crippen molar-refractivity contribution in [3.8, 4) is 0 Å². The van der Waals surface area contributed by atoms with Crippen molar-refractivity contribution >= 4 is 23.2 Å². The fourth-order valence-electron chi connectivity index (χ4n) is 1.54. The predicted octanol–water partition coefficient (Wildman–Crippen LogP) is 3.96. The van der Waals surface area contributed by atoms with Crippen LogP contribution in [0.5, 0.6) is 0 Å². The first-order valence-corrected chi connectivity index (χ1v) is 6.05. The summed E-state index contributed by atoms with van der Waals surface area (Å²) in [5.74, 6) is -2.24. The summed E-state index contributed by atoms with van der Waals surface area (Å²) >= 11 is 5.63. The number of rotatable bonds is 3. The van der Waals surface area contributed by atoms with Crippen LogP contribution >= 0.6 is 11.6 Å². The van der Waals surface area contributed by atoms with Gasteiger partial charge >= 0.3 is 0 Å². The zero-order valence-corrected chi connectivity index (χ0v) is 10.5. The molecule has 0 spiro atoms. The van der Waals surface area contributed by atoms with Gasteiger partial charge in [0.05, 0.1) is 5.69 Å². The molecule has 0 saturated heterocycles. The van der Waals surface area contributed by atoms with Gasteiger partial charge in [0.2, 0.25) is 0 Å². The molecule has 0 radical (unpaired) electrons. The van der Waals surface area contributed by atoms with Crippen molar-refractivity contribution in [2.75, 3.05) is 5.32 Å². The minimum Gasteiger partial charge on any atom is -0.319 e. The Kier molecular flexibility index (Phi) is 4.12. The fraction of sp³-hybridized carbons (Fsp3) is 0.0714. The van der Waals surface area contributed by atoms with Gasteiger partial charge in [0.25, 0.3) is 5.91 Å². The molecule has 0 bridgehead atoms. The second kappa shape index (κ2) is 5.80. The predicted molar refractivity (Wildman–Crippen MR) is 70.3 cm³/mol. The highest BCUT2D eigenvalue weighted by Gasteiger charge is 2.11. The molecule has 0 fully saturated rings. The first-order valence-electron chi connectivity index (χ1n) is 5.52. The van der Waals surface area contributed by atoms with Gasteiger partial charge in [-0.1, -0.05) is 18.2 Å². The van der Waals surface area contributed by atoms with Crippen molar-refractivity contribution in [1.29, 1.82) is 0 Å². The lowest BCUT2D eigenvalue weighted by atomic mass is 10.1. The number of amides is 1. The van der Waals surface area contributed by atoms with E-state index in [2.05, 4.69) is 5.32 Å². The Bertz CT molecular complexity index is 599. The highest BCUT2D eigenvalue weighted by atomic mass is 35.5. The molecule has 98 valence electrons. The summed E-state index contributed by atoms with van der Waals surface area (Å²) in [6, 6.07) is 10.1. The van der Waals surface area contributed by atoms with Crippen LogP contribution in [0.4, 0.5) is 14.5 Å². The van der Waals surface area contributed by atoms with Crippen LogP contribution in [0.1, 0.15) is 15.9 Å². The number of hydrogen-bond acceptors (Lipinski definition) is 1. The number of carbonyl (C=O) groups excluding carboxylic acids is 1. The molecular formula is C14H10ClF2NO. The van der Waals surface area contributed by atoms with Crippen molar-refractivity contribution in [1.82, 2.24) is 0 Å². The molecule has 2 rings (SSSR count). The van der Waals surface area contributed by atoms with E-state index in [1.165, 1.54) is 12.1 Å². The van der Waals surface area contributed by atoms with Crippen LogP contribution in [0.3, 0.4) is 0 Å². The number of alkyl halides is 1. The standard InChI is InChI=1S/C14H10ClF2NO/c15-8-9-4-6-10(7-5-9)14(19)18-12-3-1-2-11(16)13(12)17/h1-7H,8H2,(H,18,19). The lowest BCUT2D eigenvalue weighted by Gasteiger charge is -2.07. The van der Waals surface area contributed by atoms with Crippen LogP contribution in [0, 0.1) is 11.6 Å². The van der Waals surface area contributed by atoms with Crippen LogP contribution in [-0.2, 0) is 5.88 Å². The smallest absolute Gasteiger partial charge is 0.255 e. The third kappa shape index (κ3) is 3.09. The molecule has 2 aromatic carbocycles. The summed E-state index contributed by atoms with van der Waals surface area (Å²) in [5, 5.41) is 2.32. The van der Waals surface area contributed by atoms with E-state index in [0.29, 0.717) is 11.4 Å². The Morgan fingerprint density at radius 3 is 2.42 bits per heavy atom. The minimum absolute atomic E-state index is 0.189. The van der Waals surface area contributed by atoms with E-state index >= 15 is 0 Å². The molecule has 0 aliphatic rings. The topological polar surface area (TPSA) is 29.1 Å². The number of anilines is 1. The second-order valence-electron chi connectivity index (χ2n) is 3.89. The molecule has 1 amide bonds. The number of nitrogens with one attached hydrogen (secondary N) is 1. The van der Waals surface area contributed by atoms with Gasteiger partial charge in [0, 0.05) is 11.4 Å². The van der Waals surface area contributed by atoms with Gasteiger partial charge in [-0.25, -0.2) is 8.78 Å². The number of carbonyl (C=O) groups is 1. The third-order valence-corrected chi connectivity index (χ3v) is 2.88. The summed E-state index contributed by atoms with van der Waals surface area (Å²) in [6.07, 6.45) is 0. The number of halogens is 3. The molecule has 2 nitrogen and oxygen atoms in total. The molecule has 5 heteroatoms. The maximum atomic E-state index is 13.4. The van der Waals surface area contributed by atoms with Crippen molar-refractivity contribution in [3.05, 3.63) is 65.2 Å². The Hall–Kier alpha value is -1.94. The van der Waals surface area contributed by atoms with Gasteiger partial charge in [0.15, 0.2) is 11.6 Å². The summed E-state index contributed by atoms with van der Waals surface area (Å²) in [4.78, 5) is 11.8. The summed E-state index contributed by atoms with van der Waals surface area (Å²) in [5.41, 5.74) is 1.03. The number of hydrogen-bond donors (Lipinski definition) is 1. The Morgan fingerprint density at radius 1 is 1.11 bits per heavy atom. The zero-order chi connectivity index (χ0) is 13.8. The quantitative estimate of drug-likeness (QED) is 0.848. The van der Waals surface area contributed by atoms with E-state index < -0.39 is 17.5 Å². The monoisotopic (exact) mass is 281 g/mol. The van der Waals surface area contributed by atoms with Crippen LogP contribution < -0.4 is 5.32 Å². The molecule has 0 saturated carbocycles. The highest BCUT2D eigenvalue weighted by Crippen LogP contribution is 2.17. The molecule has 0 aromatic heterocycles. The average Bonchev–Trinajstić information content (AvgIpc) is 2.44. The molecule has 0 heterocycles. The van der Waals surface area contributed by atoms with Crippen LogP contribution in [0.15, 0.2) is 42.5 Å². The SMILES string of the molecule is O=C(Nc1cccc(F)c1F)c1ccc(CCl)cc1. The lowest BCUT2D eigenvalue weighted by Crippen LogP contribution is -2.13. The Morgan fingerprint density at radius 2 is 1.79 bits per heavy atom. The lowest BCUT2D eigenvalue weighted by molar-refractivity contribution is 0.102. The van der Waals surface area contributed by atoms with Crippen LogP contribution in [0.25, 0.3) is 0 Å². The van der Waals surface area contributed by atoms with E-state index in [-0.39, 0.29) is 5.69 Å².